The van der Waals surface area contributed by atoms with Gasteiger partial charge < -0.3 is 24.7 Å². The van der Waals surface area contributed by atoms with Crippen LogP contribution in [0.2, 0.25) is 0 Å². The number of rotatable bonds is 6. The molecule has 8 heteroatoms. The Balaban J connectivity index is 1.60. The minimum atomic E-state index is -0.605. The predicted molar refractivity (Wildman–Crippen MR) is 116 cm³/mol. The van der Waals surface area contributed by atoms with Crippen molar-refractivity contribution < 1.29 is 23.6 Å². The van der Waals surface area contributed by atoms with E-state index in [1.54, 1.807) is 20.8 Å². The van der Waals surface area contributed by atoms with Gasteiger partial charge in [-0.2, -0.15) is 0 Å². The Bertz CT molecular complexity index is 677. The van der Waals surface area contributed by atoms with Crippen molar-refractivity contribution in [3.63, 3.8) is 0 Å². The third-order valence-electron chi connectivity index (χ3n) is 7.16. The lowest BCUT2D eigenvalue weighted by atomic mass is 9.43. The average molecular weight is 422 g/mol. The summed E-state index contributed by atoms with van der Waals surface area (Å²) in [5.41, 5.74) is -0.637. The van der Waals surface area contributed by atoms with Gasteiger partial charge in [-0.05, 0) is 70.1 Å². The molecule has 1 unspecified atom stereocenters. The fourth-order valence-electron chi connectivity index (χ4n) is 5.54. The van der Waals surface area contributed by atoms with E-state index in [0.717, 1.165) is 12.8 Å². The normalized spacial score (nSPS) is 32.8. The zero-order valence-electron chi connectivity index (χ0n) is 19.8. The molecule has 3 aliphatic carbocycles. The molecular weight excluding hydrogens is 383 g/mol. The van der Waals surface area contributed by atoms with Gasteiger partial charge in [0.15, 0.2) is 0 Å². The Hall–Kier alpha value is -1.28. The van der Waals surface area contributed by atoms with Crippen molar-refractivity contribution in [2.24, 2.45) is 23.2 Å². The molecule has 4 rings (SSSR count). The second kappa shape index (κ2) is 8.01. The molecule has 0 aromatic rings. The fraction of sp³-hybridized carbons (Fsp3) is 0.909. The highest BCUT2D eigenvalue weighted by molar-refractivity contribution is 6.47. The van der Waals surface area contributed by atoms with Crippen LogP contribution >= 0.6 is 0 Å². The molecule has 4 aliphatic rings. The second-order valence-electron chi connectivity index (χ2n) is 11.5. The van der Waals surface area contributed by atoms with E-state index in [1.165, 1.54) is 6.42 Å². The first kappa shape index (κ1) is 23.4. The van der Waals surface area contributed by atoms with Gasteiger partial charge in [0, 0.05) is 0 Å². The first-order valence-corrected chi connectivity index (χ1v) is 11.3. The summed E-state index contributed by atoms with van der Waals surface area (Å²) in [6.45, 7) is 16.3. The number of hydrogen-bond acceptors (Lipinski definition) is 5. The highest BCUT2D eigenvalue weighted by Crippen LogP contribution is 2.65. The largest absolute Gasteiger partial charge is 0.481 e. The highest BCUT2D eigenvalue weighted by atomic mass is 16.7. The van der Waals surface area contributed by atoms with Crippen molar-refractivity contribution in [1.29, 1.82) is 0 Å². The average Bonchev–Trinajstić information content (AvgIpc) is 2.94. The fourth-order valence-corrected chi connectivity index (χ4v) is 5.54. The molecule has 7 nitrogen and oxygen atoms in total. The smallest absolute Gasteiger partial charge is 0.444 e. The summed E-state index contributed by atoms with van der Waals surface area (Å²) < 4.78 is 18.1. The highest BCUT2D eigenvalue weighted by Gasteiger charge is 2.68. The molecule has 2 amide bonds. The van der Waals surface area contributed by atoms with Gasteiger partial charge in [0.2, 0.25) is 5.91 Å². The van der Waals surface area contributed by atoms with Crippen LogP contribution in [0.3, 0.4) is 0 Å². The van der Waals surface area contributed by atoms with Gasteiger partial charge in [0.05, 0.1) is 24.2 Å². The van der Waals surface area contributed by atoms with Crippen LogP contribution in [-0.4, -0.2) is 48.9 Å². The lowest BCUT2D eigenvalue weighted by Gasteiger charge is -2.64. The van der Waals surface area contributed by atoms with E-state index in [2.05, 4.69) is 45.3 Å². The lowest BCUT2D eigenvalue weighted by Crippen LogP contribution is -2.65. The van der Waals surface area contributed by atoms with Crippen LogP contribution in [0.25, 0.3) is 0 Å². The quantitative estimate of drug-likeness (QED) is 0.642. The van der Waals surface area contributed by atoms with E-state index in [1.807, 2.05) is 0 Å². The van der Waals surface area contributed by atoms with Crippen LogP contribution in [-0.2, 0) is 18.8 Å². The third kappa shape index (κ3) is 4.64. The summed E-state index contributed by atoms with van der Waals surface area (Å²) >= 11 is 0. The molecule has 0 spiro atoms. The molecule has 4 fully saturated rings. The monoisotopic (exact) mass is 422 g/mol. The molecule has 1 aliphatic heterocycles. The van der Waals surface area contributed by atoms with Crippen LogP contribution in [0.15, 0.2) is 0 Å². The Labute approximate surface area is 181 Å². The second-order valence-corrected chi connectivity index (χ2v) is 11.5. The van der Waals surface area contributed by atoms with E-state index >= 15 is 0 Å². The van der Waals surface area contributed by atoms with Gasteiger partial charge in [-0.1, -0.05) is 27.7 Å². The topological polar surface area (TPSA) is 85.9 Å². The summed E-state index contributed by atoms with van der Waals surface area (Å²) in [5.74, 6) is 0.980. The van der Waals surface area contributed by atoms with E-state index in [9.17, 15) is 9.59 Å². The van der Waals surface area contributed by atoms with Gasteiger partial charge >= 0.3 is 13.2 Å². The molecule has 3 saturated carbocycles. The number of amides is 2. The summed E-state index contributed by atoms with van der Waals surface area (Å²) in [6, 6.07) is 0. The third-order valence-corrected chi connectivity index (χ3v) is 7.16. The number of carbonyl (C=O) groups excluding carboxylic acids is 2. The molecule has 5 atom stereocenters. The summed E-state index contributed by atoms with van der Waals surface area (Å²) in [5, 5.41) is 5.54. The predicted octanol–water partition coefficient (Wildman–Crippen LogP) is 3.31. The van der Waals surface area contributed by atoms with Crippen molar-refractivity contribution in [3.8, 4) is 0 Å². The van der Waals surface area contributed by atoms with E-state index in [-0.39, 0.29) is 35.5 Å². The molecule has 0 aromatic heterocycles. The van der Waals surface area contributed by atoms with Crippen LogP contribution in [0.4, 0.5) is 4.79 Å². The van der Waals surface area contributed by atoms with Crippen molar-refractivity contribution in [2.45, 2.75) is 97.9 Å². The van der Waals surface area contributed by atoms with Gasteiger partial charge in [-0.3, -0.25) is 4.79 Å². The van der Waals surface area contributed by atoms with E-state index in [4.69, 9.17) is 14.0 Å². The maximum Gasteiger partial charge on any atom is 0.481 e. The van der Waals surface area contributed by atoms with Gasteiger partial charge in [-0.25, -0.2) is 4.79 Å². The Kier molecular flexibility index (Phi) is 6.24. The SMILES string of the molecule is CC(C)C[C@H](NC(=O)CNC(=O)OC(C)(C)C)B1O[C@@H]2C[C@H]3CC(C3(C)C)[C@]2(C)O1. The maximum absolute atomic E-state index is 12.5. The molecule has 0 radical (unpaired) electrons. The lowest BCUT2D eigenvalue weighted by molar-refractivity contribution is -0.199. The van der Waals surface area contributed by atoms with Gasteiger partial charge in [-0.15, -0.1) is 0 Å². The minimum absolute atomic E-state index is 0.0747. The standard InChI is InChI=1S/C22H39BN2O5/c1-13(2)9-17(25-18(26)12-24-19(27)28-20(3,4)5)23-29-16-11-14-10-15(21(14,6)7)22(16,8)30-23/h13-17H,9-12H2,1-8H3,(H,24,27)(H,25,26)/t14-,15?,16-,17+,22+/m1/s1. The Morgan fingerprint density at radius 3 is 2.43 bits per heavy atom. The number of carbonyl (C=O) groups is 2. The van der Waals surface area contributed by atoms with Crippen LogP contribution in [0.5, 0.6) is 0 Å². The molecule has 1 saturated heterocycles. The van der Waals surface area contributed by atoms with Crippen LogP contribution in [0.1, 0.15) is 74.7 Å². The van der Waals surface area contributed by atoms with Crippen molar-refractivity contribution in [2.75, 3.05) is 6.54 Å². The first-order valence-electron chi connectivity index (χ1n) is 11.3. The molecule has 1 heterocycles. The summed E-state index contributed by atoms with van der Waals surface area (Å²) in [4.78, 5) is 24.4. The Morgan fingerprint density at radius 1 is 1.20 bits per heavy atom. The van der Waals surface area contributed by atoms with E-state index < -0.39 is 18.8 Å². The van der Waals surface area contributed by atoms with Crippen LogP contribution < -0.4 is 10.6 Å². The molecule has 30 heavy (non-hydrogen) atoms. The number of alkyl carbamates (subject to hydrolysis) is 1. The van der Waals surface area contributed by atoms with Crippen molar-refractivity contribution in [1.82, 2.24) is 10.6 Å². The minimum Gasteiger partial charge on any atom is -0.444 e. The summed E-state index contributed by atoms with van der Waals surface area (Å²) in [7, 11) is -0.469. The van der Waals surface area contributed by atoms with Gasteiger partial charge in [0.1, 0.15) is 5.60 Å². The maximum atomic E-state index is 12.5. The molecule has 170 valence electrons. The summed E-state index contributed by atoms with van der Waals surface area (Å²) in [6.07, 6.45) is 2.41. The van der Waals surface area contributed by atoms with Gasteiger partial charge in [0.25, 0.3) is 0 Å². The van der Waals surface area contributed by atoms with E-state index in [0.29, 0.717) is 17.8 Å². The number of ether oxygens (including phenoxy) is 1. The zero-order chi connectivity index (χ0) is 22.5. The molecule has 0 aromatic carbocycles. The van der Waals surface area contributed by atoms with Crippen molar-refractivity contribution >= 4 is 19.1 Å². The number of nitrogens with one attached hydrogen (secondary N) is 2. The molecule has 2 N–H and O–H groups in total. The van der Waals surface area contributed by atoms with Crippen LogP contribution in [0, 0.1) is 23.2 Å². The van der Waals surface area contributed by atoms with Crippen molar-refractivity contribution in [3.05, 3.63) is 0 Å². The zero-order valence-corrected chi connectivity index (χ0v) is 19.8. The first-order chi connectivity index (χ1) is 13.7. The molecule has 2 bridgehead atoms. The Morgan fingerprint density at radius 2 is 1.87 bits per heavy atom. The molecular formula is C22H39BN2O5. The number of hydrogen-bond donors (Lipinski definition) is 2.